The highest BCUT2D eigenvalue weighted by atomic mass is 32.2. The lowest BCUT2D eigenvalue weighted by molar-refractivity contribution is -0.127. The number of likely N-dealkylation sites (N-methyl/N-ethyl adjacent to an activating group) is 1. The van der Waals surface area contributed by atoms with Crippen LogP contribution < -0.4 is 4.72 Å². The van der Waals surface area contributed by atoms with Crippen molar-refractivity contribution in [3.05, 3.63) is 28.9 Å². The number of carbonyl (C=O) groups excluding carboxylic acids is 1. The molecule has 1 aliphatic rings. The molecule has 21 heavy (non-hydrogen) atoms. The van der Waals surface area contributed by atoms with Crippen LogP contribution in [0.25, 0.3) is 0 Å². The molecule has 1 aliphatic heterocycles. The van der Waals surface area contributed by atoms with E-state index in [1.54, 1.807) is 16.6 Å². The average molecular weight is 312 g/mol. The zero-order valence-corrected chi connectivity index (χ0v) is 13.4. The number of hydrogen-bond donors (Lipinski definition) is 1. The van der Waals surface area contributed by atoms with Crippen LogP contribution in [0, 0.1) is 13.8 Å². The highest BCUT2D eigenvalue weighted by Crippen LogP contribution is 2.35. The van der Waals surface area contributed by atoms with Gasteiger partial charge in [0.2, 0.25) is 15.9 Å². The van der Waals surface area contributed by atoms with Gasteiger partial charge in [-0.1, -0.05) is 6.58 Å². The molecule has 0 aliphatic carbocycles. The van der Waals surface area contributed by atoms with E-state index in [4.69, 9.17) is 0 Å². The Labute approximate surface area is 124 Å². The number of carbonyl (C=O) groups is 1. The molecule has 116 valence electrons. The standard InChI is InChI=1S/C13H20N4O3S/c1-6-21(19,20)15-10-7-11(18)16(4)13(10)12-8(2)14-17(5)9(12)3/h6,10,13,15H,1,7H2,2-5H3/t10-,13-/m0/s1. The molecule has 8 heteroatoms. The summed E-state index contributed by atoms with van der Waals surface area (Å²) in [5.74, 6) is -0.0978. The van der Waals surface area contributed by atoms with E-state index in [9.17, 15) is 13.2 Å². The van der Waals surface area contributed by atoms with Crippen molar-refractivity contribution < 1.29 is 13.2 Å². The Bertz CT molecular complexity index is 693. The van der Waals surface area contributed by atoms with E-state index in [1.807, 2.05) is 20.9 Å². The first-order valence-corrected chi connectivity index (χ1v) is 8.13. The number of sulfonamides is 1. The first kappa shape index (κ1) is 15.7. The summed E-state index contributed by atoms with van der Waals surface area (Å²) in [7, 11) is -0.0952. The van der Waals surface area contributed by atoms with Gasteiger partial charge < -0.3 is 4.90 Å². The summed E-state index contributed by atoms with van der Waals surface area (Å²) in [6, 6.07) is -0.881. The maximum Gasteiger partial charge on any atom is 0.233 e. The maximum absolute atomic E-state index is 12.0. The third-order valence-corrected chi connectivity index (χ3v) is 5.05. The predicted octanol–water partition coefficient (Wildman–Crippen LogP) is 0.372. The second kappa shape index (κ2) is 5.27. The lowest BCUT2D eigenvalue weighted by Crippen LogP contribution is -2.38. The Kier molecular flexibility index (Phi) is 3.94. The number of nitrogens with zero attached hydrogens (tertiary/aromatic N) is 3. The smallest absolute Gasteiger partial charge is 0.233 e. The van der Waals surface area contributed by atoms with E-state index in [-0.39, 0.29) is 18.4 Å². The Morgan fingerprint density at radius 3 is 2.48 bits per heavy atom. The quantitative estimate of drug-likeness (QED) is 0.870. The topological polar surface area (TPSA) is 84.3 Å². The summed E-state index contributed by atoms with van der Waals surface area (Å²) in [4.78, 5) is 13.6. The molecule has 1 amide bonds. The van der Waals surface area contributed by atoms with Gasteiger partial charge in [-0.25, -0.2) is 13.1 Å². The van der Waals surface area contributed by atoms with Gasteiger partial charge >= 0.3 is 0 Å². The van der Waals surface area contributed by atoms with E-state index in [0.717, 1.165) is 22.4 Å². The third-order valence-electron chi connectivity index (χ3n) is 3.98. The zero-order chi connectivity index (χ0) is 15.9. The van der Waals surface area contributed by atoms with Gasteiger partial charge in [0, 0.05) is 37.2 Å². The fraction of sp³-hybridized carbons (Fsp3) is 0.538. The normalized spacial score (nSPS) is 22.9. The summed E-state index contributed by atoms with van der Waals surface area (Å²) in [6.45, 7) is 7.05. The molecule has 1 aromatic heterocycles. The molecular formula is C13H20N4O3S. The van der Waals surface area contributed by atoms with Gasteiger partial charge in [-0.05, 0) is 13.8 Å². The van der Waals surface area contributed by atoms with Crippen LogP contribution in [0.2, 0.25) is 0 Å². The van der Waals surface area contributed by atoms with E-state index < -0.39 is 16.1 Å². The number of hydrogen-bond acceptors (Lipinski definition) is 4. The van der Waals surface area contributed by atoms with Crippen molar-refractivity contribution in [3.63, 3.8) is 0 Å². The van der Waals surface area contributed by atoms with Crippen LogP contribution in [0.15, 0.2) is 12.0 Å². The van der Waals surface area contributed by atoms with Crippen molar-refractivity contribution in [3.8, 4) is 0 Å². The van der Waals surface area contributed by atoms with Gasteiger partial charge in [0.1, 0.15) is 0 Å². The van der Waals surface area contributed by atoms with Crippen LogP contribution in [0.5, 0.6) is 0 Å². The molecule has 2 heterocycles. The summed E-state index contributed by atoms with van der Waals surface area (Å²) >= 11 is 0. The third kappa shape index (κ3) is 2.73. The van der Waals surface area contributed by atoms with Crippen LogP contribution >= 0.6 is 0 Å². The minimum Gasteiger partial charge on any atom is -0.337 e. The SMILES string of the molecule is C=CS(=O)(=O)N[C@H]1CC(=O)N(C)[C@@H]1c1c(C)nn(C)c1C. The molecular weight excluding hydrogens is 292 g/mol. The predicted molar refractivity (Wildman–Crippen MR) is 78.9 cm³/mol. The molecule has 1 saturated heterocycles. The van der Waals surface area contributed by atoms with Crippen LogP contribution in [0.3, 0.4) is 0 Å². The van der Waals surface area contributed by atoms with Crippen molar-refractivity contribution >= 4 is 15.9 Å². The summed E-state index contributed by atoms with van der Waals surface area (Å²) < 4.78 is 27.8. The van der Waals surface area contributed by atoms with Crippen molar-refractivity contribution in [1.29, 1.82) is 0 Å². The molecule has 0 unspecified atom stereocenters. The second-order valence-electron chi connectivity index (χ2n) is 5.30. The number of amides is 1. The molecule has 1 fully saturated rings. The Morgan fingerprint density at radius 2 is 2.00 bits per heavy atom. The maximum atomic E-state index is 12.0. The Morgan fingerprint density at radius 1 is 1.38 bits per heavy atom. The van der Waals surface area contributed by atoms with Gasteiger partial charge in [0.25, 0.3) is 0 Å². The number of nitrogens with one attached hydrogen (secondary N) is 1. The zero-order valence-electron chi connectivity index (χ0n) is 12.6. The number of aryl methyl sites for hydroxylation is 2. The van der Waals surface area contributed by atoms with E-state index >= 15 is 0 Å². The van der Waals surface area contributed by atoms with Gasteiger partial charge in [0.05, 0.1) is 17.8 Å². The first-order chi connectivity index (χ1) is 9.68. The van der Waals surface area contributed by atoms with Gasteiger partial charge in [-0.2, -0.15) is 5.10 Å². The second-order valence-corrected chi connectivity index (χ2v) is 6.96. The summed E-state index contributed by atoms with van der Waals surface area (Å²) in [5.41, 5.74) is 2.61. The fourth-order valence-electron chi connectivity index (χ4n) is 2.85. The number of rotatable bonds is 4. The van der Waals surface area contributed by atoms with Gasteiger partial charge in [-0.15, -0.1) is 0 Å². The van der Waals surface area contributed by atoms with Crippen molar-refractivity contribution in [1.82, 2.24) is 19.4 Å². The number of aromatic nitrogens is 2. The minimum atomic E-state index is -3.60. The lowest BCUT2D eigenvalue weighted by atomic mass is 9.99. The van der Waals surface area contributed by atoms with Gasteiger partial charge in [-0.3, -0.25) is 9.48 Å². The number of likely N-dealkylation sites (tertiary alicyclic amines) is 1. The first-order valence-electron chi connectivity index (χ1n) is 6.58. The molecule has 1 N–H and O–H groups in total. The van der Waals surface area contributed by atoms with E-state index in [1.165, 1.54) is 0 Å². The highest BCUT2D eigenvalue weighted by Gasteiger charge is 2.42. The molecule has 0 bridgehead atoms. The lowest BCUT2D eigenvalue weighted by Gasteiger charge is -2.25. The molecule has 0 spiro atoms. The van der Waals surface area contributed by atoms with Crippen LogP contribution in [0.1, 0.15) is 29.4 Å². The fourth-order valence-corrected chi connectivity index (χ4v) is 3.58. The molecule has 0 saturated carbocycles. The van der Waals surface area contributed by atoms with Crippen LogP contribution in [-0.4, -0.2) is 42.1 Å². The summed E-state index contributed by atoms with van der Waals surface area (Å²) in [5, 5.41) is 5.20. The van der Waals surface area contributed by atoms with E-state index in [2.05, 4.69) is 16.4 Å². The molecule has 0 aromatic carbocycles. The molecule has 7 nitrogen and oxygen atoms in total. The minimum absolute atomic E-state index is 0.0978. The summed E-state index contributed by atoms with van der Waals surface area (Å²) in [6.07, 6.45) is 0.127. The van der Waals surface area contributed by atoms with Gasteiger partial charge in [0.15, 0.2) is 0 Å². The Hall–Kier alpha value is -1.67. The molecule has 0 radical (unpaired) electrons. The molecule has 2 atom stereocenters. The molecule has 2 rings (SSSR count). The van der Waals surface area contributed by atoms with Crippen molar-refractivity contribution in [2.45, 2.75) is 32.4 Å². The average Bonchev–Trinajstić information content (AvgIpc) is 2.79. The van der Waals surface area contributed by atoms with Crippen LogP contribution in [-0.2, 0) is 21.9 Å². The highest BCUT2D eigenvalue weighted by molar-refractivity contribution is 7.92. The van der Waals surface area contributed by atoms with E-state index in [0.29, 0.717) is 0 Å². The monoisotopic (exact) mass is 312 g/mol. The van der Waals surface area contributed by atoms with Crippen molar-refractivity contribution in [2.24, 2.45) is 7.05 Å². The largest absolute Gasteiger partial charge is 0.337 e. The van der Waals surface area contributed by atoms with Crippen LogP contribution in [0.4, 0.5) is 0 Å². The Balaban J connectivity index is 2.47. The van der Waals surface area contributed by atoms with Crippen molar-refractivity contribution in [2.75, 3.05) is 7.05 Å². The molecule has 1 aromatic rings.